The monoisotopic (exact) mass is 284 g/mol. The van der Waals surface area contributed by atoms with Crippen LogP contribution in [0.25, 0.3) is 0 Å². The molecule has 4 heteroatoms. The van der Waals surface area contributed by atoms with E-state index in [2.05, 4.69) is 6.92 Å². The van der Waals surface area contributed by atoms with E-state index < -0.39 is 18.0 Å². The highest BCUT2D eigenvalue weighted by Gasteiger charge is 2.47. The molecule has 0 radical (unpaired) electrons. The Kier molecular flexibility index (Phi) is 5.24. The Morgan fingerprint density at radius 2 is 2.00 bits per heavy atom. The van der Waals surface area contributed by atoms with E-state index in [9.17, 15) is 15.3 Å². The highest BCUT2D eigenvalue weighted by Crippen LogP contribution is 2.43. The summed E-state index contributed by atoms with van der Waals surface area (Å²) in [5.74, 6) is 0.150. The van der Waals surface area contributed by atoms with Crippen LogP contribution in [0.4, 0.5) is 0 Å². The summed E-state index contributed by atoms with van der Waals surface area (Å²) in [5.41, 5.74) is -0.814. The third kappa shape index (κ3) is 3.82. The zero-order valence-electron chi connectivity index (χ0n) is 12.5. The summed E-state index contributed by atoms with van der Waals surface area (Å²) in [4.78, 5) is 0. The Hall–Kier alpha value is -0.420. The third-order valence-electron chi connectivity index (χ3n) is 4.66. The predicted molar refractivity (Wildman–Crippen MR) is 77.0 cm³/mol. The normalized spacial score (nSPS) is 40.1. The Morgan fingerprint density at radius 3 is 2.70 bits per heavy atom. The topological polar surface area (TPSA) is 69.9 Å². The van der Waals surface area contributed by atoms with Gasteiger partial charge in [-0.2, -0.15) is 0 Å². The van der Waals surface area contributed by atoms with E-state index in [0.29, 0.717) is 12.8 Å². The first-order valence-corrected chi connectivity index (χ1v) is 7.86. The minimum Gasteiger partial charge on any atom is -0.392 e. The standard InChI is InChI=1S/C16H28O4/c1-3-4-5-7-16(2,19)8-6-11-12-9-15(18)20-14(12)10-13(11)17/h6,8,11-15,17-19H,3-5,7,9-10H2,1-2H3/b8-6+/t11-,12-,13-,14+,15?,16+/m1/s1. The number of fused-ring (bicyclic) bond motifs is 1. The fourth-order valence-electron chi connectivity index (χ4n) is 3.46. The van der Waals surface area contributed by atoms with Gasteiger partial charge in [0.2, 0.25) is 0 Å². The predicted octanol–water partition coefficient (Wildman–Crippen LogP) is 1.98. The molecule has 0 amide bonds. The number of ether oxygens (including phenoxy) is 1. The average Bonchev–Trinajstić information content (AvgIpc) is 2.82. The van der Waals surface area contributed by atoms with Crippen molar-refractivity contribution in [3.8, 4) is 0 Å². The van der Waals surface area contributed by atoms with Crippen molar-refractivity contribution in [2.75, 3.05) is 0 Å². The lowest BCUT2D eigenvalue weighted by molar-refractivity contribution is -0.0949. The molecule has 1 heterocycles. The van der Waals surface area contributed by atoms with E-state index in [0.717, 1.165) is 25.7 Å². The molecule has 1 saturated heterocycles. The second-order valence-electron chi connectivity index (χ2n) is 6.58. The number of aliphatic hydroxyl groups excluding tert-OH is 2. The van der Waals surface area contributed by atoms with Gasteiger partial charge >= 0.3 is 0 Å². The summed E-state index contributed by atoms with van der Waals surface area (Å²) in [5, 5.41) is 30.0. The molecule has 20 heavy (non-hydrogen) atoms. The molecule has 1 unspecified atom stereocenters. The van der Waals surface area contributed by atoms with Gasteiger partial charge in [-0.15, -0.1) is 0 Å². The first-order valence-electron chi connectivity index (χ1n) is 7.86. The van der Waals surface area contributed by atoms with Crippen molar-refractivity contribution in [2.24, 2.45) is 11.8 Å². The molecule has 2 fully saturated rings. The average molecular weight is 284 g/mol. The second-order valence-corrected chi connectivity index (χ2v) is 6.58. The van der Waals surface area contributed by atoms with E-state index in [1.54, 1.807) is 0 Å². The van der Waals surface area contributed by atoms with Crippen LogP contribution < -0.4 is 0 Å². The van der Waals surface area contributed by atoms with Gasteiger partial charge in [-0.1, -0.05) is 38.3 Å². The van der Waals surface area contributed by atoms with E-state index in [1.807, 2.05) is 19.1 Å². The minimum atomic E-state index is -0.814. The third-order valence-corrected chi connectivity index (χ3v) is 4.66. The maximum absolute atomic E-state index is 10.3. The van der Waals surface area contributed by atoms with Crippen molar-refractivity contribution in [3.63, 3.8) is 0 Å². The van der Waals surface area contributed by atoms with Crippen molar-refractivity contribution in [1.29, 1.82) is 0 Å². The van der Waals surface area contributed by atoms with Crippen LogP contribution in [0.15, 0.2) is 12.2 Å². The van der Waals surface area contributed by atoms with Gasteiger partial charge in [-0.25, -0.2) is 0 Å². The molecule has 0 bridgehead atoms. The molecule has 3 N–H and O–H groups in total. The fraction of sp³-hybridized carbons (Fsp3) is 0.875. The highest BCUT2D eigenvalue weighted by atomic mass is 16.6. The molecule has 2 rings (SSSR count). The van der Waals surface area contributed by atoms with Crippen molar-refractivity contribution >= 4 is 0 Å². The van der Waals surface area contributed by atoms with Crippen molar-refractivity contribution in [3.05, 3.63) is 12.2 Å². The van der Waals surface area contributed by atoms with Crippen LogP contribution in [-0.4, -0.2) is 39.4 Å². The number of aliphatic hydroxyl groups is 3. The Labute approximate surface area is 121 Å². The molecule has 6 atom stereocenters. The van der Waals surface area contributed by atoms with E-state index in [4.69, 9.17) is 4.74 Å². The van der Waals surface area contributed by atoms with Crippen LogP contribution in [0.2, 0.25) is 0 Å². The first-order chi connectivity index (χ1) is 9.43. The maximum atomic E-state index is 10.3. The van der Waals surface area contributed by atoms with E-state index >= 15 is 0 Å². The van der Waals surface area contributed by atoms with Gasteiger partial charge in [0.1, 0.15) is 0 Å². The van der Waals surface area contributed by atoms with Gasteiger partial charge in [-0.3, -0.25) is 0 Å². The van der Waals surface area contributed by atoms with Crippen LogP contribution in [0.5, 0.6) is 0 Å². The van der Waals surface area contributed by atoms with Crippen LogP contribution >= 0.6 is 0 Å². The smallest absolute Gasteiger partial charge is 0.155 e. The van der Waals surface area contributed by atoms with Gasteiger partial charge in [0.05, 0.1) is 17.8 Å². The van der Waals surface area contributed by atoms with Crippen molar-refractivity contribution in [2.45, 2.75) is 76.5 Å². The van der Waals surface area contributed by atoms with E-state index in [-0.39, 0.29) is 17.9 Å². The van der Waals surface area contributed by atoms with Crippen LogP contribution in [0.1, 0.15) is 52.4 Å². The van der Waals surface area contributed by atoms with Crippen molar-refractivity contribution < 1.29 is 20.1 Å². The maximum Gasteiger partial charge on any atom is 0.155 e. The summed E-state index contributed by atoms with van der Waals surface area (Å²) in [6.07, 6.45) is 7.76. The molecular formula is C16H28O4. The number of rotatable bonds is 6. The minimum absolute atomic E-state index is 0.0187. The molecule has 0 aromatic rings. The Bertz CT molecular complexity index is 339. The summed E-state index contributed by atoms with van der Waals surface area (Å²) >= 11 is 0. The molecule has 1 aliphatic heterocycles. The molecule has 116 valence electrons. The summed E-state index contributed by atoms with van der Waals surface area (Å²) < 4.78 is 5.40. The van der Waals surface area contributed by atoms with Crippen LogP contribution in [-0.2, 0) is 4.74 Å². The Balaban J connectivity index is 1.92. The number of hydrogen-bond acceptors (Lipinski definition) is 4. The molecular weight excluding hydrogens is 256 g/mol. The van der Waals surface area contributed by atoms with Gasteiger partial charge in [-0.05, 0) is 19.3 Å². The highest BCUT2D eigenvalue weighted by molar-refractivity contribution is 5.09. The largest absolute Gasteiger partial charge is 0.392 e. The fourth-order valence-corrected chi connectivity index (χ4v) is 3.46. The molecule has 0 aromatic heterocycles. The Morgan fingerprint density at radius 1 is 1.25 bits per heavy atom. The lowest BCUT2D eigenvalue weighted by Gasteiger charge is -2.22. The SMILES string of the molecule is CCCCC[C@](C)(O)/C=C/[C@@H]1[C@H]2CC(O)O[C@H]2C[C@H]1O. The summed E-state index contributed by atoms with van der Waals surface area (Å²) in [6, 6.07) is 0. The van der Waals surface area contributed by atoms with Crippen LogP contribution in [0.3, 0.4) is 0 Å². The zero-order valence-corrected chi connectivity index (χ0v) is 12.5. The molecule has 1 saturated carbocycles. The molecule has 0 aromatic carbocycles. The quantitative estimate of drug-likeness (QED) is 0.515. The first kappa shape index (κ1) is 16.0. The lowest BCUT2D eigenvalue weighted by atomic mass is 9.89. The molecule has 4 nitrogen and oxygen atoms in total. The summed E-state index contributed by atoms with van der Waals surface area (Å²) in [6.45, 7) is 3.96. The van der Waals surface area contributed by atoms with Gasteiger partial charge in [0, 0.05) is 18.8 Å². The molecule has 0 spiro atoms. The second kappa shape index (κ2) is 6.56. The van der Waals surface area contributed by atoms with Crippen molar-refractivity contribution in [1.82, 2.24) is 0 Å². The number of unbranched alkanes of at least 4 members (excludes halogenated alkanes) is 2. The van der Waals surface area contributed by atoms with Crippen LogP contribution in [0, 0.1) is 11.8 Å². The molecule has 2 aliphatic rings. The number of hydrogen-bond donors (Lipinski definition) is 3. The molecule has 1 aliphatic carbocycles. The van der Waals surface area contributed by atoms with Gasteiger partial charge < -0.3 is 20.1 Å². The lowest BCUT2D eigenvalue weighted by Crippen LogP contribution is -2.23. The van der Waals surface area contributed by atoms with Gasteiger partial charge in [0.15, 0.2) is 6.29 Å². The summed E-state index contributed by atoms with van der Waals surface area (Å²) in [7, 11) is 0. The van der Waals surface area contributed by atoms with E-state index in [1.165, 1.54) is 0 Å². The van der Waals surface area contributed by atoms with Gasteiger partial charge in [0.25, 0.3) is 0 Å². The zero-order chi connectivity index (χ0) is 14.8.